The lowest BCUT2D eigenvalue weighted by atomic mass is 9.96. The van der Waals surface area contributed by atoms with E-state index in [1.165, 1.54) is 11.1 Å². The molecule has 1 aliphatic rings. The summed E-state index contributed by atoms with van der Waals surface area (Å²) in [5, 5.41) is 12.9. The van der Waals surface area contributed by atoms with Crippen LogP contribution in [0.4, 0.5) is 0 Å². The van der Waals surface area contributed by atoms with Crippen LogP contribution >= 0.6 is 0 Å². The number of benzene rings is 1. The van der Waals surface area contributed by atoms with E-state index in [4.69, 9.17) is 4.74 Å². The SMILES string of the molecule is COc1cc2c(cc1O)CNC(C)C2. The summed E-state index contributed by atoms with van der Waals surface area (Å²) in [6, 6.07) is 4.21. The second-order valence-corrected chi connectivity index (χ2v) is 3.78. The summed E-state index contributed by atoms with van der Waals surface area (Å²) in [4.78, 5) is 0. The number of rotatable bonds is 1. The highest BCUT2D eigenvalue weighted by molar-refractivity contribution is 5.47. The topological polar surface area (TPSA) is 41.5 Å². The van der Waals surface area contributed by atoms with Gasteiger partial charge in [-0.05, 0) is 36.6 Å². The molecule has 1 heterocycles. The normalized spacial score (nSPS) is 20.3. The Kier molecular flexibility index (Phi) is 2.33. The lowest BCUT2D eigenvalue weighted by molar-refractivity contribution is 0.370. The predicted molar refractivity (Wildman–Crippen MR) is 54.7 cm³/mol. The molecule has 0 amide bonds. The first-order valence-corrected chi connectivity index (χ1v) is 4.83. The van der Waals surface area contributed by atoms with Crippen LogP contribution in [-0.2, 0) is 13.0 Å². The molecule has 0 aliphatic carbocycles. The molecule has 2 N–H and O–H groups in total. The van der Waals surface area contributed by atoms with Crippen molar-refractivity contribution < 1.29 is 9.84 Å². The fraction of sp³-hybridized carbons (Fsp3) is 0.455. The Morgan fingerprint density at radius 3 is 2.93 bits per heavy atom. The molecule has 1 atom stereocenters. The highest BCUT2D eigenvalue weighted by Crippen LogP contribution is 2.31. The molecule has 3 nitrogen and oxygen atoms in total. The number of hydrogen-bond donors (Lipinski definition) is 2. The van der Waals surface area contributed by atoms with Crippen LogP contribution in [-0.4, -0.2) is 18.3 Å². The first-order valence-electron chi connectivity index (χ1n) is 4.83. The van der Waals surface area contributed by atoms with E-state index in [2.05, 4.69) is 12.2 Å². The minimum Gasteiger partial charge on any atom is -0.504 e. The molecular weight excluding hydrogens is 178 g/mol. The van der Waals surface area contributed by atoms with E-state index in [9.17, 15) is 5.11 Å². The lowest BCUT2D eigenvalue weighted by Crippen LogP contribution is -2.32. The Morgan fingerprint density at radius 1 is 1.43 bits per heavy atom. The van der Waals surface area contributed by atoms with Gasteiger partial charge < -0.3 is 15.2 Å². The molecule has 1 unspecified atom stereocenters. The van der Waals surface area contributed by atoms with Crippen molar-refractivity contribution in [1.82, 2.24) is 5.32 Å². The number of nitrogens with one attached hydrogen (secondary N) is 1. The molecule has 1 aromatic rings. The Labute approximate surface area is 83.7 Å². The van der Waals surface area contributed by atoms with E-state index >= 15 is 0 Å². The van der Waals surface area contributed by atoms with Gasteiger partial charge in [-0.15, -0.1) is 0 Å². The molecule has 1 aliphatic heterocycles. The van der Waals surface area contributed by atoms with Gasteiger partial charge in [0.25, 0.3) is 0 Å². The van der Waals surface area contributed by atoms with Gasteiger partial charge in [0, 0.05) is 12.6 Å². The van der Waals surface area contributed by atoms with Crippen LogP contribution in [0, 0.1) is 0 Å². The Bertz CT molecular complexity index is 349. The zero-order valence-corrected chi connectivity index (χ0v) is 8.50. The second-order valence-electron chi connectivity index (χ2n) is 3.78. The maximum atomic E-state index is 9.58. The number of phenolic OH excluding ortho intramolecular Hbond substituents is 1. The largest absolute Gasteiger partial charge is 0.504 e. The third-order valence-corrected chi connectivity index (χ3v) is 2.67. The number of aromatic hydroxyl groups is 1. The van der Waals surface area contributed by atoms with Gasteiger partial charge in [-0.25, -0.2) is 0 Å². The van der Waals surface area contributed by atoms with Crippen LogP contribution in [0.25, 0.3) is 0 Å². The van der Waals surface area contributed by atoms with Gasteiger partial charge in [-0.1, -0.05) is 0 Å². The molecule has 76 valence electrons. The van der Waals surface area contributed by atoms with Crippen LogP contribution < -0.4 is 10.1 Å². The standard InChI is InChI=1S/C11H15NO2/c1-7-3-8-5-11(14-2)10(13)4-9(8)6-12-7/h4-5,7,12-13H,3,6H2,1-2H3. The minimum absolute atomic E-state index is 0.225. The van der Waals surface area contributed by atoms with Crippen molar-refractivity contribution in [1.29, 1.82) is 0 Å². The molecule has 2 rings (SSSR count). The van der Waals surface area contributed by atoms with E-state index in [0.717, 1.165) is 13.0 Å². The van der Waals surface area contributed by atoms with E-state index in [0.29, 0.717) is 11.8 Å². The maximum Gasteiger partial charge on any atom is 0.160 e. The number of phenols is 1. The molecule has 1 aromatic carbocycles. The number of hydrogen-bond acceptors (Lipinski definition) is 3. The molecule has 0 spiro atoms. The molecule has 0 radical (unpaired) electrons. The second kappa shape index (κ2) is 3.50. The summed E-state index contributed by atoms with van der Waals surface area (Å²) in [5.41, 5.74) is 2.44. The minimum atomic E-state index is 0.225. The smallest absolute Gasteiger partial charge is 0.160 e. The van der Waals surface area contributed by atoms with Crippen molar-refractivity contribution in [2.75, 3.05) is 7.11 Å². The fourth-order valence-corrected chi connectivity index (χ4v) is 1.86. The van der Waals surface area contributed by atoms with Crippen molar-refractivity contribution in [2.24, 2.45) is 0 Å². The van der Waals surface area contributed by atoms with Crippen LogP contribution in [0.5, 0.6) is 11.5 Å². The Balaban J connectivity index is 2.41. The molecular formula is C11H15NO2. The number of fused-ring (bicyclic) bond motifs is 1. The van der Waals surface area contributed by atoms with Gasteiger partial charge in [0.1, 0.15) is 0 Å². The van der Waals surface area contributed by atoms with Gasteiger partial charge in [0.05, 0.1) is 7.11 Å². The molecule has 3 heteroatoms. The average Bonchev–Trinajstić information content (AvgIpc) is 2.17. The number of methoxy groups -OCH3 is 1. The van der Waals surface area contributed by atoms with Crippen LogP contribution in [0.1, 0.15) is 18.1 Å². The van der Waals surface area contributed by atoms with E-state index < -0.39 is 0 Å². The third-order valence-electron chi connectivity index (χ3n) is 2.67. The first-order chi connectivity index (χ1) is 6.70. The van der Waals surface area contributed by atoms with Crippen molar-refractivity contribution in [3.05, 3.63) is 23.3 Å². The predicted octanol–water partition coefficient (Wildman–Crippen LogP) is 1.43. The van der Waals surface area contributed by atoms with Crippen LogP contribution in [0.3, 0.4) is 0 Å². The van der Waals surface area contributed by atoms with Crippen LogP contribution in [0.15, 0.2) is 12.1 Å². The monoisotopic (exact) mass is 193 g/mol. The summed E-state index contributed by atoms with van der Waals surface area (Å²) in [7, 11) is 1.58. The average molecular weight is 193 g/mol. The Hall–Kier alpha value is -1.22. The fourth-order valence-electron chi connectivity index (χ4n) is 1.86. The summed E-state index contributed by atoms with van der Waals surface area (Å²) >= 11 is 0. The first kappa shape index (κ1) is 9.34. The zero-order chi connectivity index (χ0) is 10.1. The lowest BCUT2D eigenvalue weighted by Gasteiger charge is -2.23. The molecule has 0 fully saturated rings. The van der Waals surface area contributed by atoms with Gasteiger partial charge in [-0.2, -0.15) is 0 Å². The van der Waals surface area contributed by atoms with Gasteiger partial charge in [-0.3, -0.25) is 0 Å². The van der Waals surface area contributed by atoms with Crippen molar-refractivity contribution >= 4 is 0 Å². The zero-order valence-electron chi connectivity index (χ0n) is 8.50. The quantitative estimate of drug-likeness (QED) is 0.709. The highest BCUT2D eigenvalue weighted by Gasteiger charge is 2.16. The number of ether oxygens (including phenoxy) is 1. The molecule has 14 heavy (non-hydrogen) atoms. The molecule has 0 saturated heterocycles. The van der Waals surface area contributed by atoms with Crippen molar-refractivity contribution in [2.45, 2.75) is 25.9 Å². The van der Waals surface area contributed by atoms with Gasteiger partial charge in [0.2, 0.25) is 0 Å². The van der Waals surface area contributed by atoms with Crippen molar-refractivity contribution in [3.8, 4) is 11.5 Å². The van der Waals surface area contributed by atoms with E-state index in [-0.39, 0.29) is 5.75 Å². The van der Waals surface area contributed by atoms with Gasteiger partial charge in [0.15, 0.2) is 11.5 Å². The van der Waals surface area contributed by atoms with E-state index in [1.54, 1.807) is 13.2 Å². The summed E-state index contributed by atoms with van der Waals surface area (Å²) < 4.78 is 5.08. The Morgan fingerprint density at radius 2 is 2.21 bits per heavy atom. The molecule has 0 aromatic heterocycles. The molecule has 0 saturated carbocycles. The van der Waals surface area contributed by atoms with Crippen LogP contribution in [0.2, 0.25) is 0 Å². The van der Waals surface area contributed by atoms with Gasteiger partial charge >= 0.3 is 0 Å². The summed E-state index contributed by atoms with van der Waals surface area (Å²) in [5.74, 6) is 0.792. The highest BCUT2D eigenvalue weighted by atomic mass is 16.5. The summed E-state index contributed by atoms with van der Waals surface area (Å²) in [6.07, 6.45) is 0.992. The molecule has 0 bridgehead atoms. The van der Waals surface area contributed by atoms with E-state index in [1.807, 2.05) is 6.07 Å². The van der Waals surface area contributed by atoms with Crippen molar-refractivity contribution in [3.63, 3.8) is 0 Å². The summed E-state index contributed by atoms with van der Waals surface area (Å²) in [6.45, 7) is 2.98. The third kappa shape index (κ3) is 1.55. The maximum absolute atomic E-state index is 9.58.